The van der Waals surface area contributed by atoms with Crippen LogP contribution >= 0.6 is 0 Å². The monoisotopic (exact) mass is 655 g/mol. The zero-order valence-corrected chi connectivity index (χ0v) is 27.8. The normalized spacial score (nSPS) is 16.5. The smallest absolute Gasteiger partial charge is 0.159 e. The molecular formula is C47H33N3O. The van der Waals surface area contributed by atoms with Gasteiger partial charge in [-0.05, 0) is 81.3 Å². The van der Waals surface area contributed by atoms with E-state index in [9.17, 15) is 0 Å². The van der Waals surface area contributed by atoms with E-state index >= 15 is 0 Å². The van der Waals surface area contributed by atoms with Gasteiger partial charge in [0, 0.05) is 27.8 Å². The number of furan rings is 1. The lowest BCUT2D eigenvalue weighted by molar-refractivity contribution is 0.666. The van der Waals surface area contributed by atoms with E-state index in [2.05, 4.69) is 139 Å². The lowest BCUT2D eigenvalue weighted by Gasteiger charge is -2.29. The maximum Gasteiger partial charge on any atom is 0.159 e. The fourth-order valence-electron chi connectivity index (χ4n) is 7.77. The molecule has 7 aromatic carbocycles. The number of nitrogens with zero attached hydrogens (tertiary/aromatic N) is 2. The van der Waals surface area contributed by atoms with E-state index in [4.69, 9.17) is 14.4 Å². The van der Waals surface area contributed by atoms with E-state index in [-0.39, 0.29) is 12.1 Å². The Hall–Kier alpha value is -6.52. The third kappa shape index (κ3) is 5.24. The number of hydrogen-bond acceptors (Lipinski definition) is 4. The van der Waals surface area contributed by atoms with Gasteiger partial charge in [-0.1, -0.05) is 140 Å². The van der Waals surface area contributed by atoms with Crippen LogP contribution in [0.3, 0.4) is 0 Å². The van der Waals surface area contributed by atoms with Gasteiger partial charge in [0.25, 0.3) is 0 Å². The van der Waals surface area contributed by atoms with Gasteiger partial charge in [0.05, 0.1) is 0 Å². The Morgan fingerprint density at radius 3 is 2.06 bits per heavy atom. The zero-order valence-electron chi connectivity index (χ0n) is 27.8. The summed E-state index contributed by atoms with van der Waals surface area (Å²) in [6, 6.07) is 60.2. The molecule has 10 rings (SSSR count). The predicted molar refractivity (Wildman–Crippen MR) is 208 cm³/mol. The van der Waals surface area contributed by atoms with Gasteiger partial charge in [-0.2, -0.15) is 0 Å². The Labute approximate surface area is 296 Å². The third-order valence-corrected chi connectivity index (χ3v) is 10.3. The summed E-state index contributed by atoms with van der Waals surface area (Å²) in [5, 5.41) is 5.81. The van der Waals surface area contributed by atoms with Gasteiger partial charge < -0.3 is 9.73 Å². The molecule has 2 atom stereocenters. The summed E-state index contributed by atoms with van der Waals surface area (Å²) in [6.07, 6.45) is 0.695. The molecule has 1 aliphatic heterocycles. The van der Waals surface area contributed by atoms with Crippen LogP contribution in [0.15, 0.2) is 184 Å². The zero-order chi connectivity index (χ0) is 33.7. The number of benzene rings is 7. The number of nitrogens with one attached hydrogen (secondary N) is 1. The van der Waals surface area contributed by atoms with Crippen LogP contribution in [0.25, 0.3) is 44.2 Å². The van der Waals surface area contributed by atoms with E-state index in [1.54, 1.807) is 0 Å². The van der Waals surface area contributed by atoms with Gasteiger partial charge in [0.1, 0.15) is 23.2 Å². The van der Waals surface area contributed by atoms with Crippen molar-refractivity contribution in [2.24, 2.45) is 9.98 Å². The molecule has 4 nitrogen and oxygen atoms in total. The predicted octanol–water partition coefficient (Wildman–Crippen LogP) is 11.1. The molecule has 0 fully saturated rings. The topological polar surface area (TPSA) is 49.9 Å². The van der Waals surface area contributed by atoms with Crippen LogP contribution in [0.2, 0.25) is 0 Å². The minimum absolute atomic E-state index is 0.221. The molecule has 51 heavy (non-hydrogen) atoms. The van der Waals surface area contributed by atoms with E-state index in [1.807, 2.05) is 36.4 Å². The molecule has 0 amide bonds. The highest BCUT2D eigenvalue weighted by molar-refractivity contribution is 6.15. The van der Waals surface area contributed by atoms with Crippen molar-refractivity contribution in [2.45, 2.75) is 18.5 Å². The lowest BCUT2D eigenvalue weighted by atomic mass is 9.75. The molecule has 0 radical (unpaired) electrons. The first kappa shape index (κ1) is 29.4. The summed E-state index contributed by atoms with van der Waals surface area (Å²) >= 11 is 0. The van der Waals surface area contributed by atoms with Crippen molar-refractivity contribution in [1.29, 1.82) is 0 Å². The van der Waals surface area contributed by atoms with E-state index in [0.29, 0.717) is 5.84 Å². The number of aliphatic imine (C=N–C) groups is 2. The molecule has 0 bridgehead atoms. The van der Waals surface area contributed by atoms with Crippen molar-refractivity contribution < 1.29 is 4.42 Å². The summed E-state index contributed by atoms with van der Waals surface area (Å²) in [4.78, 5) is 10.0. The first-order chi connectivity index (χ1) is 25.2. The van der Waals surface area contributed by atoms with Crippen molar-refractivity contribution >= 4 is 33.6 Å². The maximum absolute atomic E-state index is 6.54. The van der Waals surface area contributed by atoms with E-state index in [1.165, 1.54) is 38.9 Å². The summed E-state index contributed by atoms with van der Waals surface area (Å²) in [5.41, 5.74) is 13.9. The Balaban J connectivity index is 1.05. The molecule has 242 valence electrons. The SMILES string of the molecule is c1ccc(C2=NC(c3ccccc3)NC(c3ccc4c(c3)oc3ccc(C5Cc6ccccc6-c6ccc(-c7ccccc7)cc65)cc34)=N2)cc1. The first-order valence-corrected chi connectivity index (χ1v) is 17.5. The average molecular weight is 656 g/mol. The highest BCUT2D eigenvalue weighted by Crippen LogP contribution is 2.45. The molecule has 4 heteroatoms. The fraction of sp³-hybridized carbons (Fsp3) is 0.0638. The molecule has 0 saturated carbocycles. The standard InChI is InChI=1S/C47H33N3O/c1-4-12-30(13-5-1)33-20-23-38-37-19-11-10-18-34(37)27-40(41(38)26-33)35-22-25-43-42(28-35)39-24-21-36(29-44(39)51-43)47-49-45(31-14-6-2-7-15-31)48-46(50-47)32-16-8-3-9-17-32/h1-26,28-29,40,45H,27H2,(H,48,49,50). The van der Waals surface area contributed by atoms with Crippen molar-refractivity contribution in [1.82, 2.24) is 5.32 Å². The summed E-state index contributed by atoms with van der Waals surface area (Å²) in [5.74, 6) is 1.70. The Morgan fingerprint density at radius 2 is 1.24 bits per heavy atom. The minimum atomic E-state index is -0.256. The molecule has 1 aliphatic carbocycles. The molecule has 1 aromatic heterocycles. The number of amidine groups is 2. The quantitative estimate of drug-likeness (QED) is 0.201. The largest absolute Gasteiger partial charge is 0.456 e. The van der Waals surface area contributed by atoms with Crippen molar-refractivity contribution in [3.05, 3.63) is 203 Å². The van der Waals surface area contributed by atoms with Crippen LogP contribution in [-0.4, -0.2) is 11.7 Å². The van der Waals surface area contributed by atoms with Crippen LogP contribution in [0.4, 0.5) is 0 Å². The van der Waals surface area contributed by atoms with Gasteiger partial charge in [-0.3, -0.25) is 0 Å². The number of rotatable bonds is 5. The van der Waals surface area contributed by atoms with Crippen LogP contribution in [0, 0.1) is 0 Å². The average Bonchev–Trinajstić information content (AvgIpc) is 3.58. The van der Waals surface area contributed by atoms with Gasteiger partial charge in [-0.25, -0.2) is 9.98 Å². The minimum Gasteiger partial charge on any atom is -0.456 e. The molecule has 2 aliphatic rings. The van der Waals surface area contributed by atoms with Crippen LogP contribution < -0.4 is 5.32 Å². The molecule has 2 heterocycles. The van der Waals surface area contributed by atoms with E-state index in [0.717, 1.165) is 50.9 Å². The second-order valence-corrected chi connectivity index (χ2v) is 13.4. The first-order valence-electron chi connectivity index (χ1n) is 17.5. The van der Waals surface area contributed by atoms with Gasteiger partial charge in [0.2, 0.25) is 0 Å². The summed E-state index contributed by atoms with van der Waals surface area (Å²) in [7, 11) is 0. The highest BCUT2D eigenvalue weighted by Gasteiger charge is 2.27. The Bertz CT molecular complexity index is 2640. The molecule has 0 spiro atoms. The van der Waals surface area contributed by atoms with Crippen molar-refractivity contribution in [3.8, 4) is 22.3 Å². The number of fused-ring (bicyclic) bond motifs is 6. The molecule has 2 unspecified atom stereocenters. The van der Waals surface area contributed by atoms with Crippen molar-refractivity contribution in [2.75, 3.05) is 0 Å². The van der Waals surface area contributed by atoms with Crippen LogP contribution in [-0.2, 0) is 6.42 Å². The summed E-state index contributed by atoms with van der Waals surface area (Å²) < 4.78 is 6.54. The highest BCUT2D eigenvalue weighted by atomic mass is 16.3. The van der Waals surface area contributed by atoms with Gasteiger partial charge >= 0.3 is 0 Å². The lowest BCUT2D eigenvalue weighted by Crippen LogP contribution is -2.33. The number of hydrogen-bond donors (Lipinski definition) is 1. The van der Waals surface area contributed by atoms with Gasteiger partial charge in [-0.15, -0.1) is 0 Å². The van der Waals surface area contributed by atoms with Crippen LogP contribution in [0.1, 0.15) is 45.5 Å². The summed E-state index contributed by atoms with van der Waals surface area (Å²) in [6.45, 7) is 0. The Kier molecular flexibility index (Phi) is 6.98. The molecule has 1 N–H and O–H groups in total. The maximum atomic E-state index is 6.54. The van der Waals surface area contributed by atoms with Crippen molar-refractivity contribution in [3.63, 3.8) is 0 Å². The Morgan fingerprint density at radius 1 is 0.510 bits per heavy atom. The third-order valence-electron chi connectivity index (χ3n) is 10.3. The fourth-order valence-corrected chi connectivity index (χ4v) is 7.77. The second-order valence-electron chi connectivity index (χ2n) is 13.4. The van der Waals surface area contributed by atoms with E-state index < -0.39 is 0 Å². The molecule has 0 saturated heterocycles. The van der Waals surface area contributed by atoms with Gasteiger partial charge in [0.15, 0.2) is 5.84 Å². The second kappa shape index (κ2) is 12.1. The van der Waals surface area contributed by atoms with Crippen LogP contribution in [0.5, 0.6) is 0 Å². The molecular weight excluding hydrogens is 623 g/mol. The molecule has 8 aromatic rings.